The van der Waals surface area contributed by atoms with E-state index in [1.54, 1.807) is 17.0 Å². The van der Waals surface area contributed by atoms with Gasteiger partial charge in [0.15, 0.2) is 10.9 Å². The van der Waals surface area contributed by atoms with Crippen LogP contribution in [0.4, 0.5) is 25.3 Å². The number of benzene rings is 2. The minimum absolute atomic E-state index is 0.0536. The third-order valence-corrected chi connectivity index (χ3v) is 11.0. The molecule has 2 aromatic carbocycles. The van der Waals surface area contributed by atoms with Crippen molar-refractivity contribution in [2.45, 2.75) is 31.5 Å². The van der Waals surface area contributed by atoms with Crippen LogP contribution in [0.15, 0.2) is 36.4 Å². The van der Waals surface area contributed by atoms with Crippen LogP contribution in [0.5, 0.6) is 0 Å². The van der Waals surface area contributed by atoms with Gasteiger partial charge in [-0.1, -0.05) is 11.3 Å². The first kappa shape index (κ1) is 30.1. The standard InChI is InChI=1S/C34H33F2N7O3S/c1-40(33-39-29(27(12-37)47-33)19-2-4-20(35)5-3-19)32-23-6-7-26(45)31(23)38-30-24(32)10-21(11-25(30)36)43-17-34(18-43)15-41(16-34)14-28(46)42-9-8-22(44)13-42/h2-5,10-11,22,26,44-45H,6-9,13-18H2,1H3/t22-,26?/m1/s1. The minimum Gasteiger partial charge on any atom is -0.391 e. The maximum absolute atomic E-state index is 15.9. The number of carbonyl (C=O) groups is 1. The van der Waals surface area contributed by atoms with Gasteiger partial charge in [-0.25, -0.2) is 18.7 Å². The number of rotatable bonds is 6. The van der Waals surface area contributed by atoms with Crippen molar-refractivity contribution < 1.29 is 23.8 Å². The Hall–Kier alpha value is -4.22. The molecule has 1 aliphatic carbocycles. The number of thiazole rings is 1. The molecule has 0 radical (unpaired) electrons. The van der Waals surface area contributed by atoms with Crippen LogP contribution >= 0.6 is 11.3 Å². The molecule has 0 saturated carbocycles. The molecular weight excluding hydrogens is 624 g/mol. The number of halogens is 2. The molecule has 47 heavy (non-hydrogen) atoms. The Morgan fingerprint density at radius 2 is 1.89 bits per heavy atom. The van der Waals surface area contributed by atoms with Crippen LogP contribution in [0.25, 0.3) is 22.2 Å². The number of hydrogen-bond donors (Lipinski definition) is 2. The number of aliphatic hydroxyl groups excluding tert-OH is 2. The SMILES string of the molecule is CN(c1nc(-c2ccc(F)cc2)c(C#N)s1)c1c2c(nc3c(F)cc(N4CC5(CN(CC(=O)N6CC[C@@H](O)C6)C5)C4)cc13)C(O)CC2. The molecule has 13 heteroatoms. The van der Waals surface area contributed by atoms with Crippen LogP contribution in [-0.2, 0) is 11.2 Å². The maximum atomic E-state index is 15.9. The predicted octanol–water partition coefficient (Wildman–Crippen LogP) is 3.97. The summed E-state index contributed by atoms with van der Waals surface area (Å²) in [6.07, 6.45) is 0.430. The van der Waals surface area contributed by atoms with Gasteiger partial charge >= 0.3 is 0 Å². The van der Waals surface area contributed by atoms with Crippen molar-refractivity contribution in [1.82, 2.24) is 19.8 Å². The molecule has 8 rings (SSSR count). The summed E-state index contributed by atoms with van der Waals surface area (Å²) in [7, 11) is 1.82. The highest BCUT2D eigenvalue weighted by atomic mass is 32.1. The quantitative estimate of drug-likeness (QED) is 0.318. The molecule has 2 aromatic heterocycles. The smallest absolute Gasteiger partial charge is 0.236 e. The van der Waals surface area contributed by atoms with Crippen molar-refractivity contribution >= 4 is 44.7 Å². The normalized spacial score (nSPS) is 21.5. The zero-order valence-electron chi connectivity index (χ0n) is 25.8. The molecule has 1 unspecified atom stereocenters. The van der Waals surface area contributed by atoms with E-state index >= 15 is 4.39 Å². The summed E-state index contributed by atoms with van der Waals surface area (Å²) in [4.78, 5) is 30.3. The van der Waals surface area contributed by atoms with E-state index in [4.69, 9.17) is 4.98 Å². The Labute approximate surface area is 274 Å². The Kier molecular flexibility index (Phi) is 7.18. The molecule has 4 aromatic rings. The molecule has 3 saturated heterocycles. The molecule has 2 N–H and O–H groups in total. The molecule has 5 heterocycles. The number of aromatic nitrogens is 2. The van der Waals surface area contributed by atoms with Crippen LogP contribution < -0.4 is 9.80 Å². The molecule has 4 aliphatic rings. The van der Waals surface area contributed by atoms with Gasteiger partial charge in [-0.3, -0.25) is 9.69 Å². The number of amides is 1. The highest BCUT2D eigenvalue weighted by Crippen LogP contribution is 2.47. The van der Waals surface area contributed by atoms with Gasteiger partial charge in [0.2, 0.25) is 5.91 Å². The van der Waals surface area contributed by atoms with Gasteiger partial charge in [-0.2, -0.15) is 5.26 Å². The maximum Gasteiger partial charge on any atom is 0.236 e. The van der Waals surface area contributed by atoms with Gasteiger partial charge in [0.05, 0.1) is 30.1 Å². The Morgan fingerprint density at radius 3 is 2.60 bits per heavy atom. The van der Waals surface area contributed by atoms with Crippen molar-refractivity contribution in [2.24, 2.45) is 5.41 Å². The van der Waals surface area contributed by atoms with Gasteiger partial charge in [0.25, 0.3) is 0 Å². The first-order valence-corrected chi connectivity index (χ1v) is 16.6. The number of nitrogens with zero attached hydrogens (tertiary/aromatic N) is 7. The van der Waals surface area contributed by atoms with Gasteiger partial charge in [-0.15, -0.1) is 0 Å². The van der Waals surface area contributed by atoms with Gasteiger partial charge in [0.1, 0.15) is 28.0 Å². The van der Waals surface area contributed by atoms with Crippen molar-refractivity contribution in [1.29, 1.82) is 5.26 Å². The topological polar surface area (TPSA) is 120 Å². The average Bonchev–Trinajstić information content (AvgIpc) is 3.75. The van der Waals surface area contributed by atoms with E-state index in [2.05, 4.69) is 20.9 Å². The van der Waals surface area contributed by atoms with Crippen LogP contribution in [-0.4, -0.2) is 94.9 Å². The number of pyridine rings is 1. The highest BCUT2D eigenvalue weighted by Gasteiger charge is 2.52. The van der Waals surface area contributed by atoms with E-state index in [-0.39, 0.29) is 22.7 Å². The number of fused-ring (bicyclic) bond motifs is 2. The summed E-state index contributed by atoms with van der Waals surface area (Å²) < 4.78 is 29.5. The van der Waals surface area contributed by atoms with Crippen molar-refractivity contribution in [3.05, 3.63) is 64.2 Å². The van der Waals surface area contributed by atoms with Crippen molar-refractivity contribution in [2.75, 3.05) is 62.7 Å². The van der Waals surface area contributed by atoms with E-state index in [1.807, 2.05) is 18.0 Å². The lowest BCUT2D eigenvalue weighted by molar-refractivity contribution is -0.135. The summed E-state index contributed by atoms with van der Waals surface area (Å²) in [5, 5.41) is 31.5. The second-order valence-electron chi connectivity index (χ2n) is 13.3. The fourth-order valence-electron chi connectivity index (χ4n) is 7.70. The number of aliphatic hydroxyl groups is 2. The predicted molar refractivity (Wildman–Crippen MR) is 174 cm³/mol. The third-order valence-electron chi connectivity index (χ3n) is 9.98. The molecule has 10 nitrogen and oxygen atoms in total. The summed E-state index contributed by atoms with van der Waals surface area (Å²) >= 11 is 1.20. The van der Waals surface area contributed by atoms with Gasteiger partial charge < -0.3 is 24.9 Å². The number of likely N-dealkylation sites (tertiary alicyclic amines) is 2. The van der Waals surface area contributed by atoms with E-state index in [1.165, 1.54) is 29.5 Å². The van der Waals surface area contributed by atoms with E-state index in [0.717, 1.165) is 37.4 Å². The fourth-order valence-corrected chi connectivity index (χ4v) is 8.56. The summed E-state index contributed by atoms with van der Waals surface area (Å²) in [5.74, 6) is -0.808. The third kappa shape index (κ3) is 5.11. The second kappa shape index (κ2) is 11.2. The second-order valence-corrected chi connectivity index (χ2v) is 14.3. The number of nitriles is 1. The lowest BCUT2D eigenvalue weighted by Gasteiger charge is -2.61. The van der Waals surface area contributed by atoms with Crippen LogP contribution in [0.1, 0.15) is 35.1 Å². The van der Waals surface area contributed by atoms with E-state index in [9.17, 15) is 24.7 Å². The van der Waals surface area contributed by atoms with Crippen molar-refractivity contribution in [3.8, 4) is 17.3 Å². The monoisotopic (exact) mass is 657 g/mol. The molecule has 1 amide bonds. The Balaban J connectivity index is 1.08. The summed E-state index contributed by atoms with van der Waals surface area (Å²) in [6.45, 7) is 4.44. The van der Waals surface area contributed by atoms with Crippen molar-refractivity contribution in [3.63, 3.8) is 0 Å². The summed E-state index contributed by atoms with van der Waals surface area (Å²) in [6, 6.07) is 11.5. The Bertz CT molecular complexity index is 1950. The molecule has 0 bridgehead atoms. The average molecular weight is 658 g/mol. The first-order valence-electron chi connectivity index (χ1n) is 15.8. The number of β-amino-alcohol motifs (C(OH)–C–C–N with tert-alkyl or cyclic N) is 1. The summed E-state index contributed by atoms with van der Waals surface area (Å²) in [5.41, 5.74) is 4.00. The minimum atomic E-state index is -0.805. The Morgan fingerprint density at radius 1 is 1.13 bits per heavy atom. The van der Waals surface area contributed by atoms with Crippen LogP contribution in [0, 0.1) is 28.4 Å². The zero-order chi connectivity index (χ0) is 32.6. The lowest BCUT2D eigenvalue weighted by Crippen LogP contribution is -2.73. The van der Waals surface area contributed by atoms with Crippen LogP contribution in [0.3, 0.4) is 0 Å². The fraction of sp³-hybridized carbons (Fsp3) is 0.412. The molecule has 2 atom stereocenters. The molecular formula is C34H33F2N7O3S. The largest absolute Gasteiger partial charge is 0.391 e. The first-order chi connectivity index (χ1) is 22.6. The zero-order valence-corrected chi connectivity index (χ0v) is 26.6. The van der Waals surface area contributed by atoms with E-state index in [0.29, 0.717) is 76.9 Å². The number of carbonyl (C=O) groups excluding carboxylic acids is 1. The molecule has 3 fully saturated rings. The van der Waals surface area contributed by atoms with E-state index < -0.39 is 18.0 Å². The highest BCUT2D eigenvalue weighted by molar-refractivity contribution is 7.16. The van der Waals surface area contributed by atoms with Crippen LogP contribution in [0.2, 0.25) is 0 Å². The van der Waals surface area contributed by atoms with Gasteiger partial charge in [0, 0.05) is 73.9 Å². The molecule has 3 aliphatic heterocycles. The number of anilines is 3. The molecule has 242 valence electrons. The molecule has 1 spiro atoms. The number of hydrogen-bond acceptors (Lipinski definition) is 10. The van der Waals surface area contributed by atoms with Gasteiger partial charge in [-0.05, 0) is 55.7 Å². The lowest BCUT2D eigenvalue weighted by atomic mass is 9.72.